The van der Waals surface area contributed by atoms with Crippen molar-refractivity contribution in [1.29, 1.82) is 0 Å². The Morgan fingerprint density at radius 3 is 2.35 bits per heavy atom. The maximum atomic E-state index is 12.3. The summed E-state index contributed by atoms with van der Waals surface area (Å²) in [7, 11) is 0. The summed E-state index contributed by atoms with van der Waals surface area (Å²) in [6.45, 7) is 5.93. The van der Waals surface area contributed by atoms with Crippen molar-refractivity contribution in [3.8, 4) is 0 Å². The van der Waals surface area contributed by atoms with Gasteiger partial charge in [-0.15, -0.1) is 0 Å². The zero-order valence-corrected chi connectivity index (χ0v) is 12.7. The van der Waals surface area contributed by atoms with Crippen LogP contribution in [0.1, 0.15) is 40.0 Å². The Balaban J connectivity index is 2.15. The minimum atomic E-state index is -0.0815. The predicted octanol–water partition coefficient (Wildman–Crippen LogP) is 4.45. The Morgan fingerprint density at radius 2 is 1.75 bits per heavy atom. The molecule has 1 N–H and O–H groups in total. The molecule has 0 spiro atoms. The molecule has 2 nitrogen and oxygen atoms in total. The number of hydrogen-bond donors (Lipinski definition) is 1. The Hall–Kier alpha value is -1.80. The van der Waals surface area contributed by atoms with Crippen LogP contribution in [-0.4, -0.2) is 5.91 Å². The molecule has 1 amide bonds. The Kier molecular flexibility index (Phi) is 4.46. The average Bonchev–Trinajstić information content (AvgIpc) is 2.37. The Morgan fingerprint density at radius 1 is 1.10 bits per heavy atom. The van der Waals surface area contributed by atoms with Crippen LogP contribution in [0.3, 0.4) is 0 Å². The van der Waals surface area contributed by atoms with Crippen molar-refractivity contribution in [1.82, 2.24) is 5.32 Å². The lowest BCUT2D eigenvalue weighted by atomic mass is 10.1. The van der Waals surface area contributed by atoms with Gasteiger partial charge in [0.15, 0.2) is 0 Å². The van der Waals surface area contributed by atoms with Gasteiger partial charge in [-0.3, -0.25) is 4.79 Å². The van der Waals surface area contributed by atoms with Gasteiger partial charge in [0, 0.05) is 10.6 Å². The molecule has 0 saturated carbocycles. The van der Waals surface area contributed by atoms with Crippen LogP contribution < -0.4 is 5.32 Å². The highest BCUT2D eigenvalue weighted by atomic mass is 35.5. The van der Waals surface area contributed by atoms with Crippen LogP contribution in [-0.2, 0) is 0 Å². The first-order valence-corrected chi connectivity index (χ1v) is 6.98. The smallest absolute Gasteiger partial charge is 0.251 e. The summed E-state index contributed by atoms with van der Waals surface area (Å²) < 4.78 is 0. The SMILES string of the molecule is Cc1cc(C)cc(C(=O)N[C@@H](C)c2cccc(Cl)c2)c1. The van der Waals surface area contributed by atoms with Gasteiger partial charge in [0.2, 0.25) is 0 Å². The number of benzene rings is 2. The van der Waals surface area contributed by atoms with Crippen LogP contribution in [0.25, 0.3) is 0 Å². The van der Waals surface area contributed by atoms with Gasteiger partial charge in [-0.2, -0.15) is 0 Å². The van der Waals surface area contributed by atoms with Gasteiger partial charge >= 0.3 is 0 Å². The maximum absolute atomic E-state index is 12.3. The van der Waals surface area contributed by atoms with E-state index in [0.29, 0.717) is 10.6 Å². The van der Waals surface area contributed by atoms with E-state index in [0.717, 1.165) is 16.7 Å². The third-order valence-electron chi connectivity index (χ3n) is 3.18. The lowest BCUT2D eigenvalue weighted by Crippen LogP contribution is -2.26. The molecule has 0 aromatic heterocycles. The third-order valence-corrected chi connectivity index (χ3v) is 3.42. The zero-order valence-electron chi connectivity index (χ0n) is 11.9. The number of carbonyl (C=O) groups excluding carboxylic acids is 1. The van der Waals surface area contributed by atoms with E-state index in [1.807, 2.05) is 57.2 Å². The third kappa shape index (κ3) is 3.61. The highest BCUT2D eigenvalue weighted by Crippen LogP contribution is 2.18. The molecule has 2 aromatic carbocycles. The summed E-state index contributed by atoms with van der Waals surface area (Å²) in [4.78, 5) is 12.3. The first-order chi connectivity index (χ1) is 9.45. The molecule has 2 aromatic rings. The largest absolute Gasteiger partial charge is 0.346 e. The highest BCUT2D eigenvalue weighted by Gasteiger charge is 2.12. The van der Waals surface area contributed by atoms with Crippen LogP contribution in [0.15, 0.2) is 42.5 Å². The molecule has 1 atom stereocenters. The van der Waals surface area contributed by atoms with Crippen molar-refractivity contribution in [2.75, 3.05) is 0 Å². The van der Waals surface area contributed by atoms with Gasteiger partial charge in [-0.1, -0.05) is 40.9 Å². The summed E-state index contributed by atoms with van der Waals surface area (Å²) in [5.41, 5.74) is 3.86. The monoisotopic (exact) mass is 287 g/mol. The van der Waals surface area contributed by atoms with E-state index in [1.54, 1.807) is 0 Å². The number of carbonyl (C=O) groups is 1. The van der Waals surface area contributed by atoms with Crippen LogP contribution >= 0.6 is 11.6 Å². The molecular weight excluding hydrogens is 270 g/mol. The molecular formula is C17H18ClNO. The topological polar surface area (TPSA) is 29.1 Å². The molecule has 0 aliphatic rings. The molecule has 0 saturated heterocycles. The summed E-state index contributed by atoms with van der Waals surface area (Å²) in [6.07, 6.45) is 0. The Bertz CT molecular complexity index is 616. The lowest BCUT2D eigenvalue weighted by Gasteiger charge is -2.15. The lowest BCUT2D eigenvalue weighted by molar-refractivity contribution is 0.0939. The van der Waals surface area contributed by atoms with Crippen LogP contribution in [0.4, 0.5) is 0 Å². The molecule has 0 aliphatic carbocycles. The minimum Gasteiger partial charge on any atom is -0.346 e. The summed E-state index contributed by atoms with van der Waals surface area (Å²) >= 11 is 5.97. The van der Waals surface area contributed by atoms with Crippen molar-refractivity contribution in [3.63, 3.8) is 0 Å². The molecule has 2 rings (SSSR count). The summed E-state index contributed by atoms with van der Waals surface area (Å²) in [6, 6.07) is 13.3. The number of aryl methyl sites for hydroxylation is 2. The predicted molar refractivity (Wildman–Crippen MR) is 83.2 cm³/mol. The maximum Gasteiger partial charge on any atom is 0.251 e. The molecule has 0 radical (unpaired) electrons. The van der Waals surface area contributed by atoms with Gasteiger partial charge < -0.3 is 5.32 Å². The number of nitrogens with one attached hydrogen (secondary N) is 1. The molecule has 0 unspecified atom stereocenters. The van der Waals surface area contributed by atoms with Crippen molar-refractivity contribution < 1.29 is 4.79 Å². The van der Waals surface area contributed by atoms with E-state index >= 15 is 0 Å². The summed E-state index contributed by atoms with van der Waals surface area (Å²) in [5.74, 6) is -0.0655. The first kappa shape index (κ1) is 14.6. The standard InChI is InChI=1S/C17H18ClNO/c1-11-7-12(2)9-15(8-11)17(20)19-13(3)14-5-4-6-16(18)10-14/h4-10,13H,1-3H3,(H,19,20)/t13-/m0/s1. The average molecular weight is 288 g/mol. The molecule has 0 aliphatic heterocycles. The first-order valence-electron chi connectivity index (χ1n) is 6.60. The highest BCUT2D eigenvalue weighted by molar-refractivity contribution is 6.30. The van der Waals surface area contributed by atoms with E-state index in [9.17, 15) is 4.79 Å². The van der Waals surface area contributed by atoms with Gasteiger partial charge in [0.25, 0.3) is 5.91 Å². The van der Waals surface area contributed by atoms with Gasteiger partial charge in [0.1, 0.15) is 0 Å². The molecule has 3 heteroatoms. The minimum absolute atomic E-state index is 0.0655. The zero-order chi connectivity index (χ0) is 14.7. The second-order valence-corrected chi connectivity index (χ2v) is 5.56. The molecule has 0 bridgehead atoms. The van der Waals surface area contributed by atoms with Crippen molar-refractivity contribution in [3.05, 3.63) is 69.7 Å². The van der Waals surface area contributed by atoms with Gasteiger partial charge in [-0.25, -0.2) is 0 Å². The van der Waals surface area contributed by atoms with Crippen molar-refractivity contribution in [2.24, 2.45) is 0 Å². The fourth-order valence-electron chi connectivity index (χ4n) is 2.25. The van der Waals surface area contributed by atoms with Crippen molar-refractivity contribution in [2.45, 2.75) is 26.8 Å². The van der Waals surface area contributed by atoms with Gasteiger partial charge in [0.05, 0.1) is 6.04 Å². The van der Waals surface area contributed by atoms with E-state index in [4.69, 9.17) is 11.6 Å². The number of amides is 1. The molecule has 104 valence electrons. The Labute approximate surface area is 124 Å². The second kappa shape index (κ2) is 6.10. The molecule has 0 heterocycles. The molecule has 20 heavy (non-hydrogen) atoms. The van der Waals surface area contributed by atoms with Gasteiger partial charge in [-0.05, 0) is 50.6 Å². The van der Waals surface area contributed by atoms with E-state index in [1.165, 1.54) is 0 Å². The number of halogens is 1. The van der Waals surface area contributed by atoms with E-state index in [-0.39, 0.29) is 11.9 Å². The van der Waals surface area contributed by atoms with Crippen molar-refractivity contribution >= 4 is 17.5 Å². The number of hydrogen-bond acceptors (Lipinski definition) is 1. The number of rotatable bonds is 3. The van der Waals surface area contributed by atoms with Crippen LogP contribution in [0, 0.1) is 13.8 Å². The van der Waals surface area contributed by atoms with Crippen LogP contribution in [0.2, 0.25) is 5.02 Å². The normalized spacial score (nSPS) is 12.0. The van der Waals surface area contributed by atoms with E-state index < -0.39 is 0 Å². The summed E-state index contributed by atoms with van der Waals surface area (Å²) in [5, 5.41) is 3.67. The van der Waals surface area contributed by atoms with E-state index in [2.05, 4.69) is 11.4 Å². The van der Waals surface area contributed by atoms with Crippen LogP contribution in [0.5, 0.6) is 0 Å². The second-order valence-electron chi connectivity index (χ2n) is 5.13. The fraction of sp³-hybridized carbons (Fsp3) is 0.235. The molecule has 0 fully saturated rings. The quantitative estimate of drug-likeness (QED) is 0.888. The fourth-order valence-corrected chi connectivity index (χ4v) is 2.44.